The second-order valence-corrected chi connectivity index (χ2v) is 6.80. The third-order valence-corrected chi connectivity index (χ3v) is 4.23. The van der Waals surface area contributed by atoms with Gasteiger partial charge in [-0.3, -0.25) is 9.78 Å². The number of pyridine rings is 1. The van der Waals surface area contributed by atoms with Gasteiger partial charge in [0.2, 0.25) is 0 Å². The number of nitrogens with zero attached hydrogens (tertiary/aromatic N) is 1. The molecule has 0 saturated carbocycles. The average Bonchev–Trinajstić information content (AvgIpc) is 2.78. The van der Waals surface area contributed by atoms with Crippen molar-refractivity contribution in [3.05, 3.63) is 65.0 Å². The smallest absolute Gasteiger partial charge is 0.193 e. The molecule has 0 spiro atoms. The van der Waals surface area contributed by atoms with Gasteiger partial charge in [0.05, 0.1) is 12.8 Å². The van der Waals surface area contributed by atoms with E-state index >= 15 is 0 Å². The summed E-state index contributed by atoms with van der Waals surface area (Å²) in [6, 6.07) is 7.15. The van der Waals surface area contributed by atoms with Crippen LogP contribution in [0.5, 0.6) is 17.2 Å². The van der Waals surface area contributed by atoms with Gasteiger partial charge < -0.3 is 23.7 Å². The highest BCUT2D eigenvalue weighted by molar-refractivity contribution is 6.11. The predicted molar refractivity (Wildman–Crippen MR) is 119 cm³/mol. The van der Waals surface area contributed by atoms with Crippen LogP contribution < -0.4 is 14.2 Å². The molecule has 0 unspecified atom stereocenters. The summed E-state index contributed by atoms with van der Waals surface area (Å²) in [5, 5.41) is 0. The fourth-order valence-electron chi connectivity index (χ4n) is 2.79. The van der Waals surface area contributed by atoms with Gasteiger partial charge in [-0.2, -0.15) is 0 Å². The van der Waals surface area contributed by atoms with Crippen molar-refractivity contribution < 1.29 is 28.5 Å². The molecule has 0 radical (unpaired) electrons. The van der Waals surface area contributed by atoms with Crippen LogP contribution in [0.25, 0.3) is 6.08 Å². The van der Waals surface area contributed by atoms with Crippen LogP contribution in [0.2, 0.25) is 0 Å². The molecule has 0 aliphatic carbocycles. The first-order chi connectivity index (χ1) is 15.0. The van der Waals surface area contributed by atoms with E-state index in [0.717, 1.165) is 5.57 Å². The first-order valence-electron chi connectivity index (χ1n) is 9.75. The summed E-state index contributed by atoms with van der Waals surface area (Å²) in [6.07, 6.45) is 7.28. The van der Waals surface area contributed by atoms with E-state index in [1.807, 2.05) is 38.1 Å². The highest BCUT2D eigenvalue weighted by Crippen LogP contribution is 2.41. The number of methoxy groups -OCH3 is 3. The van der Waals surface area contributed by atoms with Crippen LogP contribution in [0.3, 0.4) is 0 Å². The lowest BCUT2D eigenvalue weighted by Gasteiger charge is -2.20. The summed E-state index contributed by atoms with van der Waals surface area (Å²) in [6.45, 7) is 4.00. The first-order valence-corrected chi connectivity index (χ1v) is 9.75. The molecule has 2 rings (SSSR count). The number of ketones is 1. The van der Waals surface area contributed by atoms with Crippen LogP contribution in [-0.2, 0) is 15.9 Å². The van der Waals surface area contributed by atoms with Crippen LogP contribution in [-0.4, -0.2) is 45.7 Å². The number of hydrogen-bond donors (Lipinski definition) is 0. The summed E-state index contributed by atoms with van der Waals surface area (Å²) in [5.41, 5.74) is 2.77. The lowest BCUT2D eigenvalue weighted by Crippen LogP contribution is -2.12. The van der Waals surface area contributed by atoms with E-state index in [2.05, 4.69) is 4.98 Å². The van der Waals surface area contributed by atoms with E-state index in [1.165, 1.54) is 27.4 Å². The molecule has 31 heavy (non-hydrogen) atoms. The summed E-state index contributed by atoms with van der Waals surface area (Å²) in [5.74, 6) is 0.896. The molecule has 1 aromatic carbocycles. The number of carbonyl (C=O) groups is 1. The Morgan fingerprint density at radius 2 is 1.77 bits per heavy atom. The number of ether oxygens (including phenoxy) is 5. The number of benzene rings is 1. The van der Waals surface area contributed by atoms with E-state index in [9.17, 15) is 4.79 Å². The van der Waals surface area contributed by atoms with Crippen molar-refractivity contribution in [2.45, 2.75) is 20.3 Å². The number of carbonyl (C=O) groups excluding carboxylic acids is 1. The number of allylic oxidation sites excluding steroid dienone is 3. The van der Waals surface area contributed by atoms with Gasteiger partial charge in [0.15, 0.2) is 19.4 Å². The van der Waals surface area contributed by atoms with Crippen LogP contribution in [0.1, 0.15) is 35.5 Å². The van der Waals surface area contributed by atoms with E-state index in [0.29, 0.717) is 34.9 Å². The van der Waals surface area contributed by atoms with Crippen LogP contribution >= 0.6 is 0 Å². The highest BCUT2D eigenvalue weighted by Gasteiger charge is 2.25. The first kappa shape index (κ1) is 24.1. The monoisotopic (exact) mass is 427 g/mol. The molecule has 0 amide bonds. The Labute approximate surface area is 183 Å². The van der Waals surface area contributed by atoms with Gasteiger partial charge in [0, 0.05) is 32.0 Å². The Balaban J connectivity index is 2.61. The minimum absolute atomic E-state index is 0.0387. The number of rotatable bonds is 12. The molecule has 0 N–H and O–H groups in total. The van der Waals surface area contributed by atoms with Crippen LogP contribution in [0, 0.1) is 0 Å². The summed E-state index contributed by atoms with van der Waals surface area (Å²) >= 11 is 0. The van der Waals surface area contributed by atoms with Gasteiger partial charge in [-0.15, -0.1) is 0 Å². The molecule has 2 aromatic rings. The van der Waals surface area contributed by atoms with Crippen molar-refractivity contribution >= 4 is 11.9 Å². The van der Waals surface area contributed by atoms with E-state index < -0.39 is 0 Å². The zero-order valence-electron chi connectivity index (χ0n) is 18.6. The van der Waals surface area contributed by atoms with Crippen molar-refractivity contribution in [3.8, 4) is 17.2 Å². The van der Waals surface area contributed by atoms with Crippen LogP contribution in [0.15, 0.2) is 48.2 Å². The van der Waals surface area contributed by atoms with Crippen LogP contribution in [0.4, 0.5) is 0 Å². The molecule has 0 saturated heterocycles. The molecule has 0 aliphatic rings. The maximum Gasteiger partial charge on any atom is 0.193 e. The van der Waals surface area contributed by atoms with E-state index in [-0.39, 0.29) is 24.9 Å². The Morgan fingerprint density at radius 3 is 2.39 bits per heavy atom. The van der Waals surface area contributed by atoms with Crippen molar-refractivity contribution in [1.82, 2.24) is 4.98 Å². The molecule has 7 heteroatoms. The predicted octanol–water partition coefficient (Wildman–Crippen LogP) is 4.46. The standard InChI is InChI=1S/C24H29NO6/c1-17(2)9-11-19-21(30-15-27-3)14-22(29-5)23(24(19)31-16-28-4)20(26)12-10-18-8-6-7-13-25-18/h6-10,12-14H,11,15-16H2,1-5H3. The van der Waals surface area contributed by atoms with Crippen molar-refractivity contribution in [2.24, 2.45) is 0 Å². The highest BCUT2D eigenvalue weighted by atomic mass is 16.7. The van der Waals surface area contributed by atoms with Gasteiger partial charge in [-0.25, -0.2) is 0 Å². The van der Waals surface area contributed by atoms with Gasteiger partial charge >= 0.3 is 0 Å². The zero-order valence-corrected chi connectivity index (χ0v) is 18.6. The Hall–Kier alpha value is -3.16. The minimum Gasteiger partial charge on any atom is -0.496 e. The molecule has 0 atom stereocenters. The third-order valence-electron chi connectivity index (χ3n) is 4.23. The molecular formula is C24H29NO6. The summed E-state index contributed by atoms with van der Waals surface area (Å²) in [7, 11) is 4.54. The molecule has 1 heterocycles. The van der Waals surface area contributed by atoms with E-state index in [1.54, 1.807) is 18.3 Å². The van der Waals surface area contributed by atoms with Gasteiger partial charge in [-0.1, -0.05) is 17.7 Å². The van der Waals surface area contributed by atoms with Crippen molar-refractivity contribution in [1.29, 1.82) is 0 Å². The zero-order chi connectivity index (χ0) is 22.6. The van der Waals surface area contributed by atoms with E-state index in [4.69, 9.17) is 23.7 Å². The maximum atomic E-state index is 13.2. The van der Waals surface area contributed by atoms with Crippen molar-refractivity contribution in [3.63, 3.8) is 0 Å². The molecular weight excluding hydrogens is 398 g/mol. The largest absolute Gasteiger partial charge is 0.496 e. The lowest BCUT2D eigenvalue weighted by molar-refractivity contribution is 0.0441. The Morgan fingerprint density at radius 1 is 1.03 bits per heavy atom. The summed E-state index contributed by atoms with van der Waals surface area (Å²) in [4.78, 5) is 17.4. The SMILES string of the molecule is COCOc1cc(OC)c(C(=O)C=Cc2ccccn2)c(OCOC)c1CC=C(C)C. The van der Waals surface area contributed by atoms with Gasteiger partial charge in [0.25, 0.3) is 0 Å². The molecule has 7 nitrogen and oxygen atoms in total. The lowest BCUT2D eigenvalue weighted by atomic mass is 9.99. The quantitative estimate of drug-likeness (QED) is 0.214. The van der Waals surface area contributed by atoms with Gasteiger partial charge in [0.1, 0.15) is 22.8 Å². The summed E-state index contributed by atoms with van der Waals surface area (Å²) < 4.78 is 27.3. The molecule has 1 aromatic heterocycles. The minimum atomic E-state index is -0.287. The third kappa shape index (κ3) is 6.94. The number of hydrogen-bond acceptors (Lipinski definition) is 7. The van der Waals surface area contributed by atoms with Crippen molar-refractivity contribution in [2.75, 3.05) is 34.9 Å². The Bertz CT molecular complexity index is 917. The molecule has 0 fully saturated rings. The fourth-order valence-corrected chi connectivity index (χ4v) is 2.79. The molecule has 166 valence electrons. The normalized spacial score (nSPS) is 10.7. The topological polar surface area (TPSA) is 76.1 Å². The molecule has 0 bridgehead atoms. The Kier molecular flexibility index (Phi) is 9.74. The van der Waals surface area contributed by atoms with Gasteiger partial charge in [-0.05, 0) is 44.6 Å². The second-order valence-electron chi connectivity index (χ2n) is 6.80. The second kappa shape index (κ2) is 12.5. The average molecular weight is 427 g/mol. The maximum absolute atomic E-state index is 13.2. The molecule has 0 aliphatic heterocycles. The number of aromatic nitrogens is 1. The fraction of sp³-hybridized carbons (Fsp3) is 0.333.